The molecule has 0 aliphatic heterocycles. The van der Waals surface area contributed by atoms with Crippen LogP contribution in [-0.2, 0) is 10.0 Å². The minimum atomic E-state index is -3.62. The average Bonchev–Trinajstić information content (AvgIpc) is 2.71. The molecule has 0 bridgehead atoms. The number of aryl methyl sites for hydroxylation is 1. The quantitative estimate of drug-likeness (QED) is 0.842. The molecule has 0 atom stereocenters. The van der Waals surface area contributed by atoms with Crippen molar-refractivity contribution in [2.24, 2.45) is 0 Å². The number of thiophene rings is 1. The molecule has 0 aliphatic carbocycles. The first-order chi connectivity index (χ1) is 8.40. The number of aromatic nitrogens is 1. The second-order valence-corrected chi connectivity index (χ2v) is 8.19. The third-order valence-corrected chi connectivity index (χ3v) is 5.91. The molecule has 1 N–H and O–H groups in total. The van der Waals surface area contributed by atoms with Gasteiger partial charge in [0.25, 0.3) is 10.0 Å². The largest absolute Gasteiger partial charge is 0.276 e. The molecular formula is C10H8BrClN2O2S2. The summed E-state index contributed by atoms with van der Waals surface area (Å²) in [7, 11) is -3.62. The molecule has 2 aromatic rings. The number of nitrogens with zero attached hydrogens (tertiary/aromatic N) is 1. The van der Waals surface area contributed by atoms with E-state index < -0.39 is 10.0 Å². The van der Waals surface area contributed by atoms with Gasteiger partial charge in [-0.15, -0.1) is 11.3 Å². The topological polar surface area (TPSA) is 59.1 Å². The average molecular weight is 368 g/mol. The van der Waals surface area contributed by atoms with Crippen LogP contribution in [0.5, 0.6) is 0 Å². The van der Waals surface area contributed by atoms with Crippen LogP contribution in [0.25, 0.3) is 0 Å². The molecule has 0 fully saturated rings. The van der Waals surface area contributed by atoms with Gasteiger partial charge in [-0.05, 0) is 46.6 Å². The highest BCUT2D eigenvalue weighted by atomic mass is 79.9. The van der Waals surface area contributed by atoms with Crippen molar-refractivity contribution < 1.29 is 8.42 Å². The maximum absolute atomic E-state index is 12.1. The summed E-state index contributed by atoms with van der Waals surface area (Å²) in [5.41, 5.74) is 1.03. The number of anilines is 1. The van der Waals surface area contributed by atoms with Crippen molar-refractivity contribution in [2.45, 2.75) is 11.1 Å². The Morgan fingerprint density at radius 2 is 2.11 bits per heavy atom. The molecule has 2 aromatic heterocycles. The molecule has 0 radical (unpaired) electrons. The second-order valence-electron chi connectivity index (χ2n) is 3.46. The molecule has 0 amide bonds. The Hall–Kier alpha value is -0.630. The van der Waals surface area contributed by atoms with E-state index in [4.69, 9.17) is 11.6 Å². The van der Waals surface area contributed by atoms with Crippen LogP contribution in [0.4, 0.5) is 5.69 Å². The standard InChI is InChI=1S/C10H8BrClN2O2S2/c1-6-4-5-13-10(12)9(6)14-18(15,16)8-3-2-7(11)17-8/h2-5,14H,1H3. The van der Waals surface area contributed by atoms with Crippen LogP contribution < -0.4 is 4.72 Å². The second kappa shape index (κ2) is 5.16. The lowest BCUT2D eigenvalue weighted by atomic mass is 10.3. The zero-order valence-corrected chi connectivity index (χ0v) is 13.1. The van der Waals surface area contributed by atoms with Gasteiger partial charge >= 0.3 is 0 Å². The molecule has 2 rings (SSSR count). The summed E-state index contributed by atoms with van der Waals surface area (Å²) in [6, 6.07) is 4.89. The molecule has 0 aliphatic rings. The minimum Gasteiger partial charge on any atom is -0.276 e. The van der Waals surface area contributed by atoms with Crippen LogP contribution >= 0.6 is 38.9 Å². The van der Waals surface area contributed by atoms with E-state index in [-0.39, 0.29) is 9.36 Å². The van der Waals surface area contributed by atoms with Crippen molar-refractivity contribution in [1.29, 1.82) is 0 Å². The number of rotatable bonds is 3. The van der Waals surface area contributed by atoms with Gasteiger partial charge in [0.15, 0.2) is 5.15 Å². The lowest BCUT2D eigenvalue weighted by molar-refractivity contribution is 0.603. The van der Waals surface area contributed by atoms with Crippen molar-refractivity contribution in [3.05, 3.63) is 38.9 Å². The molecule has 2 heterocycles. The lowest BCUT2D eigenvalue weighted by Gasteiger charge is -2.09. The Morgan fingerprint density at radius 3 is 2.67 bits per heavy atom. The van der Waals surface area contributed by atoms with E-state index in [1.807, 2.05) is 0 Å². The molecule has 0 unspecified atom stereocenters. The van der Waals surface area contributed by atoms with Gasteiger partial charge in [0, 0.05) is 6.20 Å². The highest BCUT2D eigenvalue weighted by Gasteiger charge is 2.19. The number of hydrogen-bond donors (Lipinski definition) is 1. The molecular weight excluding hydrogens is 360 g/mol. The van der Waals surface area contributed by atoms with Crippen molar-refractivity contribution in [3.8, 4) is 0 Å². The summed E-state index contributed by atoms with van der Waals surface area (Å²) < 4.78 is 27.6. The van der Waals surface area contributed by atoms with Crippen LogP contribution in [0, 0.1) is 6.92 Å². The predicted molar refractivity (Wildman–Crippen MR) is 76.8 cm³/mol. The number of pyridine rings is 1. The molecule has 0 saturated carbocycles. The smallest absolute Gasteiger partial charge is 0.271 e. The van der Waals surface area contributed by atoms with Crippen molar-refractivity contribution in [3.63, 3.8) is 0 Å². The Bertz CT molecular complexity index is 665. The Kier molecular flexibility index (Phi) is 3.96. The van der Waals surface area contributed by atoms with Gasteiger partial charge in [-0.1, -0.05) is 11.6 Å². The van der Waals surface area contributed by atoms with Gasteiger partial charge in [-0.2, -0.15) is 0 Å². The third kappa shape index (κ3) is 2.85. The first-order valence-corrected chi connectivity index (χ1v) is 8.26. The molecule has 0 spiro atoms. The van der Waals surface area contributed by atoms with E-state index in [2.05, 4.69) is 25.6 Å². The van der Waals surface area contributed by atoms with E-state index in [1.165, 1.54) is 12.3 Å². The Morgan fingerprint density at radius 1 is 1.39 bits per heavy atom. The van der Waals surface area contributed by atoms with E-state index in [1.54, 1.807) is 19.1 Å². The number of sulfonamides is 1. The molecule has 4 nitrogen and oxygen atoms in total. The third-order valence-electron chi connectivity index (χ3n) is 2.16. The maximum atomic E-state index is 12.1. The summed E-state index contributed by atoms with van der Waals surface area (Å²) in [6.45, 7) is 1.76. The number of nitrogens with one attached hydrogen (secondary N) is 1. The van der Waals surface area contributed by atoms with E-state index in [0.717, 1.165) is 15.1 Å². The summed E-state index contributed by atoms with van der Waals surface area (Å²) in [5.74, 6) is 0. The molecule has 0 aromatic carbocycles. The Balaban J connectivity index is 2.40. The fourth-order valence-corrected chi connectivity index (χ4v) is 4.73. The van der Waals surface area contributed by atoms with Gasteiger partial charge in [0.05, 0.1) is 9.47 Å². The van der Waals surface area contributed by atoms with Gasteiger partial charge in [0.2, 0.25) is 0 Å². The maximum Gasteiger partial charge on any atom is 0.271 e. The summed E-state index contributed by atoms with van der Waals surface area (Å²) >= 11 is 10.2. The highest BCUT2D eigenvalue weighted by molar-refractivity contribution is 9.11. The normalized spacial score (nSPS) is 11.5. The van der Waals surface area contributed by atoms with Crippen molar-refractivity contribution >= 4 is 54.6 Å². The molecule has 18 heavy (non-hydrogen) atoms. The van der Waals surface area contributed by atoms with Crippen LogP contribution in [-0.4, -0.2) is 13.4 Å². The highest BCUT2D eigenvalue weighted by Crippen LogP contribution is 2.30. The number of halogens is 2. The Labute approximate surface area is 122 Å². The zero-order valence-electron chi connectivity index (χ0n) is 9.15. The fraction of sp³-hybridized carbons (Fsp3) is 0.100. The minimum absolute atomic E-state index is 0.134. The molecule has 96 valence electrons. The molecule has 0 saturated heterocycles. The van der Waals surface area contributed by atoms with Crippen molar-refractivity contribution in [1.82, 2.24) is 4.98 Å². The van der Waals surface area contributed by atoms with Gasteiger partial charge in [0.1, 0.15) is 4.21 Å². The van der Waals surface area contributed by atoms with Gasteiger partial charge in [-0.3, -0.25) is 4.72 Å². The van der Waals surface area contributed by atoms with E-state index in [0.29, 0.717) is 11.3 Å². The number of hydrogen-bond acceptors (Lipinski definition) is 4. The van der Waals surface area contributed by atoms with Crippen LogP contribution in [0.15, 0.2) is 32.4 Å². The first kappa shape index (κ1) is 13.8. The van der Waals surface area contributed by atoms with E-state index in [9.17, 15) is 8.42 Å². The summed E-state index contributed by atoms with van der Waals surface area (Å²) in [5, 5.41) is 0.134. The van der Waals surface area contributed by atoms with E-state index >= 15 is 0 Å². The molecule has 8 heteroatoms. The summed E-state index contributed by atoms with van der Waals surface area (Å²) in [4.78, 5) is 3.86. The summed E-state index contributed by atoms with van der Waals surface area (Å²) in [6.07, 6.45) is 1.52. The van der Waals surface area contributed by atoms with Crippen LogP contribution in [0.3, 0.4) is 0 Å². The van der Waals surface area contributed by atoms with Crippen molar-refractivity contribution in [2.75, 3.05) is 4.72 Å². The zero-order chi connectivity index (χ0) is 13.3. The fourth-order valence-electron chi connectivity index (χ4n) is 1.27. The van der Waals surface area contributed by atoms with Gasteiger partial charge in [-0.25, -0.2) is 13.4 Å². The SMILES string of the molecule is Cc1ccnc(Cl)c1NS(=O)(=O)c1ccc(Br)s1. The lowest BCUT2D eigenvalue weighted by Crippen LogP contribution is -2.13. The van der Waals surface area contributed by atoms with Crippen LogP contribution in [0.1, 0.15) is 5.56 Å². The monoisotopic (exact) mass is 366 g/mol. The van der Waals surface area contributed by atoms with Crippen LogP contribution in [0.2, 0.25) is 5.15 Å². The predicted octanol–water partition coefficient (Wildman–Crippen LogP) is 3.67. The first-order valence-electron chi connectivity index (χ1n) is 4.79. The van der Waals surface area contributed by atoms with Gasteiger partial charge < -0.3 is 0 Å².